The van der Waals surface area contributed by atoms with Crippen molar-refractivity contribution in [2.75, 3.05) is 6.54 Å². The minimum absolute atomic E-state index is 0.0808. The van der Waals surface area contributed by atoms with Gasteiger partial charge in [0.1, 0.15) is 12.4 Å². The molecule has 0 spiro atoms. The van der Waals surface area contributed by atoms with E-state index in [-0.39, 0.29) is 11.6 Å². The SMILES string of the molecule is NC(=O)N1C(c2ccncc2)=CC(=O)N2CCCCC(OC(=O)c3cc(-c4ccccc4)ncn3)C21. The molecule has 2 aliphatic rings. The summed E-state index contributed by atoms with van der Waals surface area (Å²) >= 11 is 0. The van der Waals surface area contributed by atoms with E-state index in [1.165, 1.54) is 22.2 Å². The van der Waals surface area contributed by atoms with E-state index in [1.807, 2.05) is 30.3 Å². The van der Waals surface area contributed by atoms with Gasteiger partial charge in [0.15, 0.2) is 11.9 Å². The van der Waals surface area contributed by atoms with E-state index < -0.39 is 24.3 Å². The predicted octanol–water partition coefficient (Wildman–Crippen LogP) is 2.84. The summed E-state index contributed by atoms with van der Waals surface area (Å²) in [5.74, 6) is -0.945. The number of amides is 3. The zero-order valence-electron chi connectivity index (χ0n) is 19.4. The number of hydrogen-bond donors (Lipinski definition) is 1. The van der Waals surface area contributed by atoms with Crippen molar-refractivity contribution in [2.45, 2.75) is 31.5 Å². The molecule has 1 saturated heterocycles. The number of urea groups is 1. The average Bonchev–Trinajstić information content (AvgIpc) is 3.12. The van der Waals surface area contributed by atoms with Gasteiger partial charge in [0.05, 0.1) is 11.4 Å². The van der Waals surface area contributed by atoms with Gasteiger partial charge in [0.25, 0.3) is 0 Å². The molecule has 36 heavy (non-hydrogen) atoms. The van der Waals surface area contributed by atoms with Crippen LogP contribution in [0.5, 0.6) is 0 Å². The van der Waals surface area contributed by atoms with E-state index in [0.29, 0.717) is 42.8 Å². The number of primary amides is 1. The van der Waals surface area contributed by atoms with E-state index >= 15 is 0 Å². The number of nitrogens with zero attached hydrogens (tertiary/aromatic N) is 5. The van der Waals surface area contributed by atoms with Crippen LogP contribution < -0.4 is 5.73 Å². The van der Waals surface area contributed by atoms with Gasteiger partial charge < -0.3 is 15.4 Å². The predicted molar refractivity (Wildman–Crippen MR) is 130 cm³/mol. The summed E-state index contributed by atoms with van der Waals surface area (Å²) in [5.41, 5.74) is 8.26. The molecule has 5 rings (SSSR count). The van der Waals surface area contributed by atoms with Crippen molar-refractivity contribution in [3.8, 4) is 11.3 Å². The lowest BCUT2D eigenvalue weighted by atomic mass is 10.0. The Kier molecular flexibility index (Phi) is 6.40. The molecule has 1 fully saturated rings. The van der Waals surface area contributed by atoms with Crippen molar-refractivity contribution in [2.24, 2.45) is 5.73 Å². The molecule has 2 unspecified atom stereocenters. The summed E-state index contributed by atoms with van der Waals surface area (Å²) in [6, 6.07) is 13.6. The van der Waals surface area contributed by atoms with Crippen LogP contribution >= 0.6 is 0 Å². The second-order valence-electron chi connectivity index (χ2n) is 8.51. The van der Waals surface area contributed by atoms with Crippen molar-refractivity contribution < 1.29 is 19.1 Å². The Hall–Kier alpha value is -4.60. The summed E-state index contributed by atoms with van der Waals surface area (Å²) in [7, 11) is 0. The van der Waals surface area contributed by atoms with E-state index in [0.717, 1.165) is 5.56 Å². The van der Waals surface area contributed by atoms with Crippen LogP contribution in [0.25, 0.3) is 17.0 Å². The summed E-state index contributed by atoms with van der Waals surface area (Å²) in [5, 5.41) is 0. The second kappa shape index (κ2) is 9.95. The highest BCUT2D eigenvalue weighted by molar-refractivity contribution is 6.01. The van der Waals surface area contributed by atoms with Crippen LogP contribution in [0, 0.1) is 0 Å². The summed E-state index contributed by atoms with van der Waals surface area (Å²) in [6.45, 7) is 0.410. The number of nitrogens with two attached hydrogens (primary N) is 1. The third kappa shape index (κ3) is 4.52. The van der Waals surface area contributed by atoms with Crippen LogP contribution in [0.1, 0.15) is 35.3 Å². The van der Waals surface area contributed by atoms with Crippen LogP contribution in [-0.4, -0.2) is 61.5 Å². The van der Waals surface area contributed by atoms with E-state index in [9.17, 15) is 14.4 Å². The Morgan fingerprint density at radius 3 is 2.53 bits per heavy atom. The second-order valence-corrected chi connectivity index (χ2v) is 8.51. The number of carbonyl (C=O) groups is 3. The summed E-state index contributed by atoms with van der Waals surface area (Å²) in [6.07, 6.45) is 5.99. The highest BCUT2D eigenvalue weighted by atomic mass is 16.5. The topological polar surface area (TPSA) is 132 Å². The van der Waals surface area contributed by atoms with Crippen LogP contribution in [0.4, 0.5) is 4.79 Å². The van der Waals surface area contributed by atoms with Gasteiger partial charge in [-0.2, -0.15) is 0 Å². The number of hydrogen-bond acceptors (Lipinski definition) is 7. The standard InChI is InChI=1S/C26H24N6O4/c27-26(35)32-21(18-9-11-28-12-10-18)15-23(33)31-13-5-4-8-22(24(31)32)36-25(34)20-14-19(29-16-30-20)17-6-2-1-3-7-17/h1-3,6-7,9-12,14-16,22,24H,4-5,8,13H2,(H2,27,35). The largest absolute Gasteiger partial charge is 0.453 e. The molecule has 182 valence electrons. The van der Waals surface area contributed by atoms with Crippen LogP contribution in [0.3, 0.4) is 0 Å². The molecule has 0 aliphatic carbocycles. The molecular formula is C26H24N6O4. The molecule has 1 aromatic carbocycles. The third-order valence-corrected chi connectivity index (χ3v) is 6.27. The van der Waals surface area contributed by atoms with Gasteiger partial charge >= 0.3 is 12.0 Å². The lowest BCUT2D eigenvalue weighted by Gasteiger charge is -2.44. The van der Waals surface area contributed by atoms with Gasteiger partial charge in [-0.25, -0.2) is 19.6 Å². The fourth-order valence-electron chi connectivity index (χ4n) is 4.62. The minimum atomic E-state index is -0.884. The summed E-state index contributed by atoms with van der Waals surface area (Å²) < 4.78 is 5.92. The molecule has 10 heteroatoms. The van der Waals surface area contributed by atoms with E-state index in [4.69, 9.17) is 10.5 Å². The van der Waals surface area contributed by atoms with Gasteiger partial charge in [-0.05, 0) is 37.5 Å². The number of benzene rings is 1. The highest BCUT2D eigenvalue weighted by Gasteiger charge is 2.45. The molecule has 10 nitrogen and oxygen atoms in total. The van der Waals surface area contributed by atoms with Crippen LogP contribution in [0.15, 0.2) is 73.3 Å². The van der Waals surface area contributed by atoms with Crippen molar-refractivity contribution in [1.29, 1.82) is 0 Å². The Morgan fingerprint density at radius 2 is 1.78 bits per heavy atom. The maximum atomic E-state index is 13.2. The molecule has 0 saturated carbocycles. The zero-order valence-corrected chi connectivity index (χ0v) is 19.4. The van der Waals surface area contributed by atoms with Gasteiger partial charge in [-0.15, -0.1) is 0 Å². The normalized spacial score (nSPS) is 19.7. The first kappa shape index (κ1) is 23.2. The number of ether oxygens (including phenoxy) is 1. The average molecular weight is 485 g/mol. The molecule has 0 radical (unpaired) electrons. The monoisotopic (exact) mass is 484 g/mol. The number of aromatic nitrogens is 3. The molecule has 2 aliphatic heterocycles. The highest BCUT2D eigenvalue weighted by Crippen LogP contribution is 2.34. The van der Waals surface area contributed by atoms with Crippen LogP contribution in [-0.2, 0) is 9.53 Å². The number of fused-ring (bicyclic) bond motifs is 1. The smallest absolute Gasteiger partial charge is 0.357 e. The lowest BCUT2D eigenvalue weighted by molar-refractivity contribution is -0.135. The van der Waals surface area contributed by atoms with Crippen molar-refractivity contribution in [3.05, 3.63) is 84.6 Å². The molecule has 3 amide bonds. The molecular weight excluding hydrogens is 460 g/mol. The van der Waals surface area contributed by atoms with Gasteiger partial charge in [0, 0.05) is 36.1 Å². The van der Waals surface area contributed by atoms with Crippen LogP contribution in [0.2, 0.25) is 0 Å². The lowest BCUT2D eigenvalue weighted by Crippen LogP contribution is -2.61. The number of rotatable bonds is 4. The number of pyridine rings is 1. The summed E-state index contributed by atoms with van der Waals surface area (Å²) in [4.78, 5) is 54.3. The minimum Gasteiger partial charge on any atom is -0.453 e. The molecule has 3 aromatic rings. The zero-order chi connectivity index (χ0) is 25.1. The fraction of sp³-hybridized carbons (Fsp3) is 0.231. The van der Waals surface area contributed by atoms with Gasteiger partial charge in [0.2, 0.25) is 5.91 Å². The van der Waals surface area contributed by atoms with Crippen molar-refractivity contribution in [3.63, 3.8) is 0 Å². The Morgan fingerprint density at radius 1 is 1.00 bits per heavy atom. The third-order valence-electron chi connectivity index (χ3n) is 6.27. The number of carbonyl (C=O) groups excluding carboxylic acids is 3. The van der Waals surface area contributed by atoms with E-state index in [1.54, 1.807) is 30.6 Å². The first-order chi connectivity index (χ1) is 17.5. The van der Waals surface area contributed by atoms with Gasteiger partial charge in [-0.3, -0.25) is 14.7 Å². The maximum absolute atomic E-state index is 13.2. The Balaban J connectivity index is 1.47. The molecule has 4 heterocycles. The fourth-order valence-corrected chi connectivity index (χ4v) is 4.62. The molecule has 0 bridgehead atoms. The first-order valence-electron chi connectivity index (χ1n) is 11.6. The molecule has 2 N–H and O–H groups in total. The molecule has 2 aromatic heterocycles. The number of esters is 1. The Labute approximate surface area is 207 Å². The molecule has 2 atom stereocenters. The first-order valence-corrected chi connectivity index (χ1v) is 11.6. The maximum Gasteiger partial charge on any atom is 0.357 e. The van der Waals surface area contributed by atoms with E-state index in [2.05, 4.69) is 15.0 Å². The quantitative estimate of drug-likeness (QED) is 0.563. The van der Waals surface area contributed by atoms with Gasteiger partial charge in [-0.1, -0.05) is 30.3 Å². The van der Waals surface area contributed by atoms with Crippen molar-refractivity contribution >= 4 is 23.6 Å². The van der Waals surface area contributed by atoms with Crippen molar-refractivity contribution in [1.82, 2.24) is 24.8 Å². The Bertz CT molecular complexity index is 1310.